The number of carbonyl (C=O) groups is 2. The number of para-hydroxylation sites is 2. The molecule has 6 nitrogen and oxygen atoms in total. The highest BCUT2D eigenvalue weighted by molar-refractivity contribution is 6.36. The third-order valence-corrected chi connectivity index (χ3v) is 6.29. The van der Waals surface area contributed by atoms with Crippen LogP contribution >= 0.6 is 11.6 Å². The summed E-state index contributed by atoms with van der Waals surface area (Å²) in [6.07, 6.45) is -0.919. The number of hydrogen-bond acceptors (Lipinski definition) is 5. The van der Waals surface area contributed by atoms with Crippen LogP contribution in [0, 0.1) is 5.92 Å². The van der Waals surface area contributed by atoms with Gasteiger partial charge >= 0.3 is 0 Å². The van der Waals surface area contributed by atoms with Crippen molar-refractivity contribution in [3.63, 3.8) is 0 Å². The van der Waals surface area contributed by atoms with Crippen molar-refractivity contribution in [3.8, 4) is 0 Å². The fourth-order valence-electron chi connectivity index (χ4n) is 4.39. The molecular weight excluding hydrogens is 426 g/mol. The SMILES string of the molecule is CN(C)c1ccc([C@H]2[C@H]3C(=O)N(c4ccccc4Cl)C(=O)[C@H]3ON2c2ccccc2)cc1. The maximum atomic E-state index is 13.6. The minimum atomic E-state index is -0.919. The molecule has 2 fully saturated rings. The van der Waals surface area contributed by atoms with Crippen LogP contribution in [0.4, 0.5) is 17.1 Å². The van der Waals surface area contributed by atoms with Gasteiger partial charge < -0.3 is 4.90 Å². The summed E-state index contributed by atoms with van der Waals surface area (Å²) in [5, 5.41) is 2.04. The zero-order valence-corrected chi connectivity index (χ0v) is 18.4. The lowest BCUT2D eigenvalue weighted by molar-refractivity contribution is -0.126. The summed E-state index contributed by atoms with van der Waals surface area (Å²) in [5.41, 5.74) is 3.11. The van der Waals surface area contributed by atoms with Crippen LogP contribution in [0.1, 0.15) is 11.6 Å². The molecule has 0 unspecified atom stereocenters. The predicted octanol–water partition coefficient (Wildman–Crippen LogP) is 4.46. The quantitative estimate of drug-likeness (QED) is 0.553. The average molecular weight is 448 g/mol. The monoisotopic (exact) mass is 447 g/mol. The molecule has 7 heteroatoms. The van der Waals surface area contributed by atoms with Crippen molar-refractivity contribution in [2.45, 2.75) is 12.1 Å². The molecular formula is C25H22ClN3O3. The first-order chi connectivity index (χ1) is 15.5. The van der Waals surface area contributed by atoms with Gasteiger partial charge in [-0.15, -0.1) is 0 Å². The molecule has 2 amide bonds. The van der Waals surface area contributed by atoms with Crippen molar-refractivity contribution in [2.75, 3.05) is 29.0 Å². The van der Waals surface area contributed by atoms with Gasteiger partial charge in [-0.3, -0.25) is 14.4 Å². The van der Waals surface area contributed by atoms with Crippen LogP contribution in [0.25, 0.3) is 0 Å². The topological polar surface area (TPSA) is 53.1 Å². The Morgan fingerprint density at radius 1 is 0.844 bits per heavy atom. The number of carbonyl (C=O) groups excluding carboxylic acids is 2. The van der Waals surface area contributed by atoms with Crippen LogP contribution in [0.2, 0.25) is 5.02 Å². The fraction of sp³-hybridized carbons (Fsp3) is 0.200. The highest BCUT2D eigenvalue weighted by atomic mass is 35.5. The van der Waals surface area contributed by atoms with Gasteiger partial charge in [-0.25, -0.2) is 9.96 Å². The number of fused-ring (bicyclic) bond motifs is 1. The van der Waals surface area contributed by atoms with E-state index in [9.17, 15) is 9.59 Å². The summed E-state index contributed by atoms with van der Waals surface area (Å²) in [7, 11) is 3.95. The maximum Gasteiger partial charge on any atom is 0.266 e. The van der Waals surface area contributed by atoms with Crippen LogP contribution < -0.4 is 14.9 Å². The molecule has 2 saturated heterocycles. The van der Waals surface area contributed by atoms with Gasteiger partial charge in [0.1, 0.15) is 5.92 Å². The maximum absolute atomic E-state index is 13.6. The van der Waals surface area contributed by atoms with E-state index in [-0.39, 0.29) is 5.91 Å². The molecule has 3 atom stereocenters. The van der Waals surface area contributed by atoms with E-state index < -0.39 is 24.0 Å². The van der Waals surface area contributed by atoms with Crippen molar-refractivity contribution < 1.29 is 14.4 Å². The highest BCUT2D eigenvalue weighted by Gasteiger charge is 2.60. The number of nitrogens with zero attached hydrogens (tertiary/aromatic N) is 3. The first kappa shape index (κ1) is 20.5. The Morgan fingerprint density at radius 2 is 1.50 bits per heavy atom. The van der Waals surface area contributed by atoms with Crippen LogP contribution in [0.5, 0.6) is 0 Å². The van der Waals surface area contributed by atoms with Crippen LogP contribution in [0.3, 0.4) is 0 Å². The molecule has 3 aromatic rings. The number of anilines is 3. The second kappa shape index (κ2) is 7.97. The van der Waals surface area contributed by atoms with Gasteiger partial charge in [-0.2, -0.15) is 0 Å². The normalized spacial score (nSPS) is 22.4. The number of rotatable bonds is 4. The van der Waals surface area contributed by atoms with Crippen LogP contribution in [0.15, 0.2) is 78.9 Å². The molecule has 2 heterocycles. The molecule has 162 valence electrons. The number of hydrogen-bond donors (Lipinski definition) is 0. The molecule has 0 bridgehead atoms. The Balaban J connectivity index is 1.58. The van der Waals surface area contributed by atoms with Gasteiger partial charge in [0.2, 0.25) is 5.91 Å². The molecule has 2 aliphatic heterocycles. The zero-order chi connectivity index (χ0) is 22.4. The highest BCUT2D eigenvalue weighted by Crippen LogP contribution is 2.48. The van der Waals surface area contributed by atoms with E-state index in [1.54, 1.807) is 29.3 Å². The fourth-order valence-corrected chi connectivity index (χ4v) is 4.61. The lowest BCUT2D eigenvalue weighted by Gasteiger charge is -2.29. The molecule has 2 aliphatic rings. The third kappa shape index (κ3) is 3.23. The van der Waals surface area contributed by atoms with Crippen molar-refractivity contribution in [3.05, 3.63) is 89.4 Å². The van der Waals surface area contributed by atoms with Gasteiger partial charge in [0.05, 0.1) is 22.4 Å². The summed E-state index contributed by atoms with van der Waals surface area (Å²) in [4.78, 5) is 36.3. The van der Waals surface area contributed by atoms with Crippen molar-refractivity contribution in [1.29, 1.82) is 0 Å². The summed E-state index contributed by atoms with van der Waals surface area (Å²) >= 11 is 6.31. The summed E-state index contributed by atoms with van der Waals surface area (Å²) in [6.45, 7) is 0. The summed E-state index contributed by atoms with van der Waals surface area (Å²) in [6, 6.07) is 23.9. The number of benzene rings is 3. The minimum Gasteiger partial charge on any atom is -0.378 e. The third-order valence-electron chi connectivity index (χ3n) is 5.97. The number of amides is 2. The molecule has 0 saturated carbocycles. The first-order valence-corrected chi connectivity index (χ1v) is 10.8. The van der Waals surface area contributed by atoms with Crippen LogP contribution in [-0.2, 0) is 14.4 Å². The molecule has 0 aromatic heterocycles. The predicted molar refractivity (Wildman–Crippen MR) is 125 cm³/mol. The van der Waals surface area contributed by atoms with Crippen molar-refractivity contribution >= 4 is 40.5 Å². The summed E-state index contributed by atoms with van der Waals surface area (Å²) < 4.78 is 0. The second-order valence-corrected chi connectivity index (χ2v) is 8.51. The molecule has 0 N–H and O–H groups in total. The van der Waals surface area contributed by atoms with E-state index in [0.29, 0.717) is 10.7 Å². The Morgan fingerprint density at radius 3 is 2.16 bits per heavy atom. The Hall–Kier alpha value is -3.35. The molecule has 3 aromatic carbocycles. The van der Waals surface area contributed by atoms with Gasteiger partial charge in [-0.05, 0) is 42.0 Å². The number of hydroxylamine groups is 1. The minimum absolute atomic E-state index is 0.312. The standard InChI is InChI=1S/C25H22ClN3O3/c1-27(2)17-14-12-16(13-15-17)22-21-23(32-29(22)18-8-4-3-5-9-18)25(31)28(24(21)30)20-11-7-6-10-19(20)26/h3-15,21-23H,1-2H3/t21-,22+,23+/m1/s1. The molecule has 0 spiro atoms. The lowest BCUT2D eigenvalue weighted by Crippen LogP contribution is -2.37. The van der Waals surface area contributed by atoms with E-state index in [2.05, 4.69) is 0 Å². The van der Waals surface area contributed by atoms with E-state index in [1.165, 1.54) is 4.90 Å². The number of imide groups is 1. The second-order valence-electron chi connectivity index (χ2n) is 8.11. The molecule has 32 heavy (non-hydrogen) atoms. The van der Waals surface area contributed by atoms with Crippen LogP contribution in [-0.4, -0.2) is 32.0 Å². The molecule has 0 aliphatic carbocycles. The Bertz CT molecular complexity index is 1170. The van der Waals surface area contributed by atoms with E-state index in [4.69, 9.17) is 16.4 Å². The lowest BCUT2D eigenvalue weighted by atomic mass is 9.90. The number of halogens is 1. The first-order valence-electron chi connectivity index (χ1n) is 10.4. The van der Waals surface area contributed by atoms with Crippen molar-refractivity contribution in [2.24, 2.45) is 5.92 Å². The zero-order valence-electron chi connectivity index (χ0n) is 17.7. The van der Waals surface area contributed by atoms with E-state index >= 15 is 0 Å². The van der Waals surface area contributed by atoms with E-state index in [0.717, 1.165) is 16.9 Å². The average Bonchev–Trinajstić information content (AvgIpc) is 3.31. The largest absolute Gasteiger partial charge is 0.378 e. The van der Waals surface area contributed by atoms with Gasteiger partial charge in [-0.1, -0.05) is 54.1 Å². The molecule has 0 radical (unpaired) electrons. The van der Waals surface area contributed by atoms with Gasteiger partial charge in [0, 0.05) is 19.8 Å². The van der Waals surface area contributed by atoms with Gasteiger partial charge in [0.25, 0.3) is 5.91 Å². The van der Waals surface area contributed by atoms with E-state index in [1.807, 2.05) is 73.6 Å². The smallest absolute Gasteiger partial charge is 0.266 e. The Labute approximate surface area is 191 Å². The van der Waals surface area contributed by atoms with Crippen molar-refractivity contribution in [1.82, 2.24) is 0 Å². The molecule has 5 rings (SSSR count). The Kier molecular flexibility index (Phi) is 5.12. The van der Waals surface area contributed by atoms with Gasteiger partial charge in [0.15, 0.2) is 6.10 Å². The summed E-state index contributed by atoms with van der Waals surface area (Å²) in [5.74, 6) is -1.40.